The number of benzene rings is 1. The minimum atomic E-state index is -0.762. The number of methoxy groups -OCH3 is 1. The van der Waals surface area contributed by atoms with Crippen molar-refractivity contribution in [3.05, 3.63) is 34.9 Å². The summed E-state index contributed by atoms with van der Waals surface area (Å²) in [6.45, 7) is 1.27. The lowest BCUT2D eigenvalue weighted by Gasteiger charge is -2.26. The smallest absolute Gasteiger partial charge is 0.308 e. The maximum atomic E-state index is 11.4. The third-order valence-corrected chi connectivity index (χ3v) is 4.11. The van der Waals surface area contributed by atoms with E-state index >= 15 is 0 Å². The van der Waals surface area contributed by atoms with Gasteiger partial charge in [0, 0.05) is 12.5 Å². The third-order valence-electron chi connectivity index (χ3n) is 4.11. The number of hydrogen-bond acceptors (Lipinski definition) is 11. The zero-order valence-corrected chi connectivity index (χ0v) is 15.5. The number of nitriles is 2. The first-order valence-electron chi connectivity index (χ1n) is 8.24. The van der Waals surface area contributed by atoms with Crippen LogP contribution in [0.2, 0.25) is 0 Å². The minimum absolute atomic E-state index is 0.0242. The molecule has 0 radical (unpaired) electrons. The quantitative estimate of drug-likeness (QED) is 0.254. The lowest BCUT2D eigenvalue weighted by atomic mass is 9.95. The monoisotopic (exact) mass is 392 g/mol. The van der Waals surface area contributed by atoms with Gasteiger partial charge in [-0.1, -0.05) is 6.07 Å². The number of aromatic nitrogens is 1. The van der Waals surface area contributed by atoms with Gasteiger partial charge in [0.05, 0.1) is 12.8 Å². The Labute approximate surface area is 165 Å². The SMILES string of the molecule is COc1ccc(C2N=C(NC#N)Nc3nc(N)c(C#N)c(N)c32)cc1OC(C)=O. The molecule has 0 bridgehead atoms. The standard InChI is InChI=1S/C18H16N8O3/c1-8(27)29-12-5-9(3-4-11(12)28-2)15-13-14(21)10(6-19)16(22)25-17(13)26-18(24-15)23-7-20/h3-5,15H,1-2H3,(H6,21,22,23,24,25,26). The van der Waals surface area contributed by atoms with Gasteiger partial charge in [0.15, 0.2) is 17.7 Å². The predicted octanol–water partition coefficient (Wildman–Crippen LogP) is 0.993. The first-order chi connectivity index (χ1) is 13.9. The Kier molecular flexibility index (Phi) is 5.06. The van der Waals surface area contributed by atoms with Crippen molar-refractivity contribution >= 4 is 29.3 Å². The van der Waals surface area contributed by atoms with Crippen LogP contribution in [-0.2, 0) is 4.79 Å². The number of nitrogen functional groups attached to an aromatic ring is 2. The molecule has 29 heavy (non-hydrogen) atoms. The summed E-state index contributed by atoms with van der Waals surface area (Å²) < 4.78 is 10.4. The normalized spacial score (nSPS) is 14.3. The van der Waals surface area contributed by atoms with Gasteiger partial charge in [0.2, 0.25) is 5.96 Å². The fourth-order valence-electron chi connectivity index (χ4n) is 2.92. The molecule has 3 rings (SSSR count). The van der Waals surface area contributed by atoms with Gasteiger partial charge in [-0.25, -0.2) is 9.98 Å². The summed E-state index contributed by atoms with van der Waals surface area (Å²) in [5, 5.41) is 23.6. The van der Waals surface area contributed by atoms with Gasteiger partial charge in [0.1, 0.15) is 29.3 Å². The number of carbonyl (C=O) groups excluding carboxylic acids is 1. The Hall–Kier alpha value is -4.51. The maximum absolute atomic E-state index is 11.4. The molecule has 11 heteroatoms. The van der Waals surface area contributed by atoms with E-state index in [1.807, 2.05) is 6.07 Å². The second-order valence-corrected chi connectivity index (χ2v) is 5.91. The van der Waals surface area contributed by atoms with Crippen molar-refractivity contribution in [2.24, 2.45) is 4.99 Å². The van der Waals surface area contributed by atoms with Crippen LogP contribution in [0.4, 0.5) is 17.3 Å². The maximum Gasteiger partial charge on any atom is 0.308 e. The molecule has 0 aliphatic carbocycles. The van der Waals surface area contributed by atoms with Crippen LogP contribution < -0.4 is 31.6 Å². The molecule has 1 aliphatic heterocycles. The van der Waals surface area contributed by atoms with Crippen LogP contribution in [0.3, 0.4) is 0 Å². The van der Waals surface area contributed by atoms with Gasteiger partial charge < -0.3 is 26.3 Å². The molecule has 1 aromatic heterocycles. The Bertz CT molecular complexity index is 1110. The van der Waals surface area contributed by atoms with Gasteiger partial charge >= 0.3 is 5.97 Å². The summed E-state index contributed by atoms with van der Waals surface area (Å²) >= 11 is 0. The molecule has 11 nitrogen and oxygen atoms in total. The van der Waals surface area contributed by atoms with E-state index in [4.69, 9.17) is 26.2 Å². The highest BCUT2D eigenvalue weighted by molar-refractivity contribution is 5.98. The first-order valence-corrected chi connectivity index (χ1v) is 8.24. The molecule has 2 heterocycles. The van der Waals surface area contributed by atoms with Crippen LogP contribution in [0, 0.1) is 22.8 Å². The zero-order chi connectivity index (χ0) is 21.1. The average Bonchev–Trinajstić information content (AvgIpc) is 2.67. The number of fused-ring (bicyclic) bond motifs is 1. The zero-order valence-electron chi connectivity index (χ0n) is 15.5. The molecule has 2 aromatic rings. The van der Waals surface area contributed by atoms with E-state index in [-0.39, 0.29) is 34.6 Å². The summed E-state index contributed by atoms with van der Waals surface area (Å²) in [5.74, 6) is 0.321. The molecule has 1 atom stereocenters. The highest BCUT2D eigenvalue weighted by Gasteiger charge is 2.30. The third kappa shape index (κ3) is 3.52. The van der Waals surface area contributed by atoms with E-state index < -0.39 is 12.0 Å². The summed E-state index contributed by atoms with van der Waals surface area (Å²) in [6, 6.07) is 6.04. The van der Waals surface area contributed by atoms with Crippen LogP contribution in [0.1, 0.15) is 29.7 Å². The van der Waals surface area contributed by atoms with E-state index in [2.05, 4.69) is 20.6 Å². The van der Waals surface area contributed by atoms with Crippen molar-refractivity contribution in [2.75, 3.05) is 23.9 Å². The van der Waals surface area contributed by atoms with Crippen molar-refractivity contribution in [1.29, 1.82) is 10.5 Å². The highest BCUT2D eigenvalue weighted by Crippen LogP contribution is 2.42. The van der Waals surface area contributed by atoms with Gasteiger partial charge in [-0.15, -0.1) is 0 Å². The molecule has 146 valence electrons. The largest absolute Gasteiger partial charge is 0.493 e. The Morgan fingerprint density at radius 1 is 1.31 bits per heavy atom. The summed E-state index contributed by atoms with van der Waals surface area (Å²) in [5.41, 5.74) is 13.1. The van der Waals surface area contributed by atoms with Crippen molar-refractivity contribution in [3.63, 3.8) is 0 Å². The van der Waals surface area contributed by atoms with E-state index in [9.17, 15) is 10.1 Å². The minimum Gasteiger partial charge on any atom is -0.493 e. The van der Waals surface area contributed by atoms with Crippen LogP contribution >= 0.6 is 0 Å². The number of carbonyl (C=O) groups is 1. The molecule has 1 aromatic carbocycles. The van der Waals surface area contributed by atoms with Gasteiger partial charge in [0.25, 0.3) is 0 Å². The van der Waals surface area contributed by atoms with Crippen molar-refractivity contribution in [2.45, 2.75) is 13.0 Å². The second-order valence-electron chi connectivity index (χ2n) is 5.91. The molecule has 0 fully saturated rings. The van der Waals surface area contributed by atoms with E-state index in [0.717, 1.165) is 0 Å². The summed E-state index contributed by atoms with van der Waals surface area (Å²) in [7, 11) is 1.44. The molecular weight excluding hydrogens is 376 g/mol. The van der Waals surface area contributed by atoms with Crippen LogP contribution in [0.25, 0.3) is 0 Å². The van der Waals surface area contributed by atoms with E-state index in [0.29, 0.717) is 16.9 Å². The van der Waals surface area contributed by atoms with Crippen LogP contribution in [-0.4, -0.2) is 24.0 Å². The lowest BCUT2D eigenvalue weighted by molar-refractivity contribution is -0.132. The van der Waals surface area contributed by atoms with E-state index in [1.165, 1.54) is 14.0 Å². The van der Waals surface area contributed by atoms with Gasteiger partial charge in [-0.2, -0.15) is 10.5 Å². The lowest BCUT2D eigenvalue weighted by Crippen LogP contribution is -2.32. The number of aliphatic imine (C=N–C) groups is 1. The number of guanidine groups is 1. The molecular formula is C18H16N8O3. The molecule has 6 N–H and O–H groups in total. The number of rotatable bonds is 3. The first kappa shape index (κ1) is 19.3. The van der Waals surface area contributed by atoms with Crippen LogP contribution in [0.5, 0.6) is 11.5 Å². The number of nitrogens with one attached hydrogen (secondary N) is 2. The molecule has 1 aliphatic rings. The number of anilines is 3. The number of hydrogen-bond donors (Lipinski definition) is 4. The van der Waals surface area contributed by atoms with Crippen molar-refractivity contribution in [1.82, 2.24) is 10.3 Å². The summed E-state index contributed by atoms with van der Waals surface area (Å²) in [4.78, 5) is 20.1. The Balaban J connectivity index is 2.22. The Morgan fingerprint density at radius 2 is 2.07 bits per heavy atom. The Morgan fingerprint density at radius 3 is 2.69 bits per heavy atom. The summed E-state index contributed by atoms with van der Waals surface area (Å²) in [6.07, 6.45) is 1.77. The molecule has 0 amide bonds. The topological polar surface area (TPSA) is 184 Å². The molecule has 1 unspecified atom stereocenters. The van der Waals surface area contributed by atoms with E-state index in [1.54, 1.807) is 24.4 Å². The van der Waals surface area contributed by atoms with Crippen LogP contribution in [0.15, 0.2) is 23.2 Å². The number of esters is 1. The van der Waals surface area contributed by atoms with Crippen molar-refractivity contribution < 1.29 is 14.3 Å². The van der Waals surface area contributed by atoms with Gasteiger partial charge in [-0.3, -0.25) is 10.1 Å². The number of nitrogens with two attached hydrogens (primary N) is 2. The van der Waals surface area contributed by atoms with Crippen molar-refractivity contribution in [3.8, 4) is 23.8 Å². The second kappa shape index (κ2) is 7.62. The molecule has 0 saturated heterocycles. The number of ether oxygens (including phenoxy) is 2. The fraction of sp³-hybridized carbons (Fsp3) is 0.167. The molecule has 0 saturated carbocycles. The predicted molar refractivity (Wildman–Crippen MR) is 104 cm³/mol. The fourth-order valence-corrected chi connectivity index (χ4v) is 2.92. The molecule has 0 spiro atoms. The number of pyridine rings is 1. The highest BCUT2D eigenvalue weighted by atomic mass is 16.6. The van der Waals surface area contributed by atoms with Gasteiger partial charge in [-0.05, 0) is 17.7 Å². The number of nitrogens with zero attached hydrogens (tertiary/aromatic N) is 4. The average molecular weight is 392 g/mol.